The number of carbonyl (C=O) groups is 1. The van der Waals surface area contributed by atoms with Crippen LogP contribution in [0.5, 0.6) is 5.75 Å². The highest BCUT2D eigenvalue weighted by atomic mass is 32.1. The van der Waals surface area contributed by atoms with Crippen LogP contribution < -0.4 is 5.73 Å². The van der Waals surface area contributed by atoms with Crippen molar-refractivity contribution in [3.8, 4) is 5.75 Å². The third-order valence-electron chi connectivity index (χ3n) is 2.66. The summed E-state index contributed by atoms with van der Waals surface area (Å²) in [6.07, 6.45) is 1.65. The minimum atomic E-state index is -0.146. The molecule has 0 bridgehead atoms. The molecule has 1 heterocycles. The molecule has 1 aromatic carbocycles. The summed E-state index contributed by atoms with van der Waals surface area (Å²) in [5.74, 6) is 0.341. The van der Waals surface area contributed by atoms with Crippen molar-refractivity contribution in [2.45, 2.75) is 19.8 Å². The highest BCUT2D eigenvalue weighted by molar-refractivity contribution is 7.12. The zero-order valence-electron chi connectivity index (χ0n) is 10.0. The van der Waals surface area contributed by atoms with Gasteiger partial charge in [-0.25, -0.2) is 4.98 Å². The Hall–Kier alpha value is -1.88. The van der Waals surface area contributed by atoms with Crippen molar-refractivity contribution in [1.82, 2.24) is 4.98 Å². The number of benzene rings is 1. The fourth-order valence-corrected chi connectivity index (χ4v) is 2.42. The van der Waals surface area contributed by atoms with E-state index in [2.05, 4.69) is 4.98 Å². The standard InChI is InChI=1S/C13H14N2O2S/c1-2-3-8-6-9(4-5-10(8)16)11(17)12-13(14)15-7-18-12/h4-7,16H,2-3,14H2,1H3. The second-order valence-corrected chi connectivity index (χ2v) is 4.84. The molecular formula is C13H14N2O2S. The molecule has 0 spiro atoms. The van der Waals surface area contributed by atoms with Crippen molar-refractivity contribution < 1.29 is 9.90 Å². The number of phenols is 1. The predicted molar refractivity (Wildman–Crippen MR) is 72.1 cm³/mol. The molecule has 0 saturated heterocycles. The van der Waals surface area contributed by atoms with E-state index >= 15 is 0 Å². The van der Waals surface area contributed by atoms with Gasteiger partial charge in [-0.3, -0.25) is 4.79 Å². The summed E-state index contributed by atoms with van der Waals surface area (Å²) in [7, 11) is 0. The first-order valence-corrected chi connectivity index (χ1v) is 6.57. The van der Waals surface area contributed by atoms with Gasteiger partial charge in [-0.15, -0.1) is 11.3 Å². The van der Waals surface area contributed by atoms with Gasteiger partial charge in [0.15, 0.2) is 0 Å². The number of nitrogen functional groups attached to an aromatic ring is 1. The lowest BCUT2D eigenvalue weighted by Crippen LogP contribution is -2.03. The molecule has 18 heavy (non-hydrogen) atoms. The van der Waals surface area contributed by atoms with Crippen molar-refractivity contribution in [2.24, 2.45) is 0 Å². The van der Waals surface area contributed by atoms with Crippen LogP contribution in [0.2, 0.25) is 0 Å². The number of carbonyl (C=O) groups excluding carboxylic acids is 1. The summed E-state index contributed by atoms with van der Waals surface area (Å²) in [6, 6.07) is 4.88. The normalized spacial score (nSPS) is 10.5. The van der Waals surface area contributed by atoms with E-state index in [4.69, 9.17) is 5.73 Å². The van der Waals surface area contributed by atoms with Crippen LogP contribution in [-0.4, -0.2) is 15.9 Å². The van der Waals surface area contributed by atoms with E-state index < -0.39 is 0 Å². The molecule has 0 saturated carbocycles. The average molecular weight is 262 g/mol. The number of aromatic hydroxyl groups is 1. The van der Waals surface area contributed by atoms with Crippen LogP contribution in [0.1, 0.15) is 34.1 Å². The molecule has 0 amide bonds. The molecule has 0 atom stereocenters. The summed E-state index contributed by atoms with van der Waals surface area (Å²) in [5.41, 5.74) is 8.50. The van der Waals surface area contributed by atoms with Crippen LogP contribution in [-0.2, 0) is 6.42 Å². The molecule has 4 nitrogen and oxygen atoms in total. The van der Waals surface area contributed by atoms with Gasteiger partial charge in [0.25, 0.3) is 0 Å². The zero-order valence-corrected chi connectivity index (χ0v) is 10.8. The third kappa shape index (κ3) is 2.36. The molecule has 2 aromatic rings. The van der Waals surface area contributed by atoms with Gasteiger partial charge in [0.1, 0.15) is 16.4 Å². The maximum Gasteiger partial charge on any atom is 0.206 e. The lowest BCUT2D eigenvalue weighted by atomic mass is 10.0. The predicted octanol–water partition coefficient (Wildman–Crippen LogP) is 2.61. The Morgan fingerprint density at radius 1 is 1.50 bits per heavy atom. The van der Waals surface area contributed by atoms with Crippen LogP contribution >= 0.6 is 11.3 Å². The number of phenolic OH excluding ortho intramolecular Hbond substituents is 1. The largest absolute Gasteiger partial charge is 0.508 e. The minimum Gasteiger partial charge on any atom is -0.508 e. The van der Waals surface area contributed by atoms with E-state index in [-0.39, 0.29) is 17.4 Å². The fourth-order valence-electron chi connectivity index (χ4n) is 1.75. The summed E-state index contributed by atoms with van der Waals surface area (Å²) in [5, 5.41) is 9.69. The topological polar surface area (TPSA) is 76.2 Å². The van der Waals surface area contributed by atoms with E-state index in [1.165, 1.54) is 11.3 Å². The van der Waals surface area contributed by atoms with Gasteiger partial charge in [0.2, 0.25) is 5.78 Å². The number of aryl methyl sites for hydroxylation is 1. The Bertz CT molecular complexity index is 578. The van der Waals surface area contributed by atoms with Crippen LogP contribution in [0, 0.1) is 0 Å². The molecule has 0 fully saturated rings. The highest BCUT2D eigenvalue weighted by Gasteiger charge is 2.16. The highest BCUT2D eigenvalue weighted by Crippen LogP contribution is 2.24. The second-order valence-electron chi connectivity index (χ2n) is 3.99. The van der Waals surface area contributed by atoms with Crippen LogP contribution in [0.4, 0.5) is 5.82 Å². The number of thiazole rings is 1. The fraction of sp³-hybridized carbons (Fsp3) is 0.231. The first kappa shape index (κ1) is 12.6. The quantitative estimate of drug-likeness (QED) is 0.830. The maximum absolute atomic E-state index is 12.2. The summed E-state index contributed by atoms with van der Waals surface area (Å²) in [4.78, 5) is 16.5. The third-order valence-corrected chi connectivity index (χ3v) is 3.50. The van der Waals surface area contributed by atoms with Gasteiger partial charge in [-0.1, -0.05) is 13.3 Å². The van der Waals surface area contributed by atoms with E-state index in [1.54, 1.807) is 23.7 Å². The number of nitrogens with zero attached hydrogens (tertiary/aromatic N) is 1. The number of ketones is 1. The number of nitrogens with two attached hydrogens (primary N) is 1. The molecular weight excluding hydrogens is 248 g/mol. The smallest absolute Gasteiger partial charge is 0.206 e. The van der Waals surface area contributed by atoms with E-state index in [0.29, 0.717) is 10.4 Å². The summed E-state index contributed by atoms with van der Waals surface area (Å²) < 4.78 is 0. The molecule has 0 aliphatic heterocycles. The maximum atomic E-state index is 12.2. The molecule has 5 heteroatoms. The van der Waals surface area contributed by atoms with Gasteiger partial charge < -0.3 is 10.8 Å². The molecule has 0 aliphatic rings. The average Bonchev–Trinajstić information content (AvgIpc) is 2.78. The van der Waals surface area contributed by atoms with Crippen molar-refractivity contribution >= 4 is 22.9 Å². The van der Waals surface area contributed by atoms with Crippen molar-refractivity contribution in [2.75, 3.05) is 5.73 Å². The molecule has 3 N–H and O–H groups in total. The summed E-state index contributed by atoms with van der Waals surface area (Å²) >= 11 is 1.23. The minimum absolute atomic E-state index is 0.146. The Morgan fingerprint density at radius 3 is 2.89 bits per heavy atom. The number of hydrogen-bond acceptors (Lipinski definition) is 5. The number of anilines is 1. The van der Waals surface area contributed by atoms with Gasteiger partial charge >= 0.3 is 0 Å². The molecule has 94 valence electrons. The number of hydrogen-bond donors (Lipinski definition) is 2. The molecule has 0 aliphatic carbocycles. The van der Waals surface area contributed by atoms with Crippen molar-refractivity contribution in [3.05, 3.63) is 39.7 Å². The van der Waals surface area contributed by atoms with Crippen LogP contribution in [0.3, 0.4) is 0 Å². The van der Waals surface area contributed by atoms with Gasteiger partial charge in [-0.05, 0) is 30.2 Å². The van der Waals surface area contributed by atoms with E-state index in [1.807, 2.05) is 6.92 Å². The lowest BCUT2D eigenvalue weighted by Gasteiger charge is -2.05. The number of rotatable bonds is 4. The van der Waals surface area contributed by atoms with Crippen LogP contribution in [0.25, 0.3) is 0 Å². The lowest BCUT2D eigenvalue weighted by molar-refractivity contribution is 0.104. The van der Waals surface area contributed by atoms with Crippen molar-refractivity contribution in [1.29, 1.82) is 0 Å². The van der Waals surface area contributed by atoms with Crippen LogP contribution in [0.15, 0.2) is 23.7 Å². The first-order chi connectivity index (χ1) is 8.63. The monoisotopic (exact) mass is 262 g/mol. The molecule has 0 unspecified atom stereocenters. The second kappa shape index (κ2) is 5.18. The van der Waals surface area contributed by atoms with Gasteiger partial charge in [-0.2, -0.15) is 0 Å². The van der Waals surface area contributed by atoms with Crippen molar-refractivity contribution in [3.63, 3.8) is 0 Å². The Kier molecular flexibility index (Phi) is 3.62. The zero-order chi connectivity index (χ0) is 13.1. The molecule has 0 radical (unpaired) electrons. The SMILES string of the molecule is CCCc1cc(C(=O)c2scnc2N)ccc1O. The molecule has 2 rings (SSSR count). The summed E-state index contributed by atoms with van der Waals surface area (Å²) in [6.45, 7) is 2.02. The Balaban J connectivity index is 2.37. The first-order valence-electron chi connectivity index (χ1n) is 5.69. The number of aromatic nitrogens is 1. The van der Waals surface area contributed by atoms with Gasteiger partial charge in [0.05, 0.1) is 5.51 Å². The van der Waals surface area contributed by atoms with Gasteiger partial charge in [0, 0.05) is 5.56 Å². The van der Waals surface area contributed by atoms with E-state index in [0.717, 1.165) is 18.4 Å². The molecule has 1 aromatic heterocycles. The Labute approximate surface area is 109 Å². The Morgan fingerprint density at radius 2 is 2.28 bits per heavy atom. The van der Waals surface area contributed by atoms with E-state index in [9.17, 15) is 9.90 Å².